The van der Waals surface area contributed by atoms with Gasteiger partial charge >= 0.3 is 5.97 Å². The lowest BCUT2D eigenvalue weighted by molar-refractivity contribution is -0.138. The lowest BCUT2D eigenvalue weighted by Gasteiger charge is -2.24. The molecule has 0 saturated heterocycles. The van der Waals surface area contributed by atoms with Crippen molar-refractivity contribution in [3.63, 3.8) is 0 Å². The number of rotatable bonds is 17. The van der Waals surface area contributed by atoms with Gasteiger partial charge in [-0.1, -0.05) is 30.3 Å². The lowest BCUT2D eigenvalue weighted by atomic mass is 10.0. The second kappa shape index (κ2) is 16.8. The van der Waals surface area contributed by atoms with Crippen molar-refractivity contribution >= 4 is 29.7 Å². The van der Waals surface area contributed by atoms with Crippen LogP contribution in [-0.4, -0.2) is 72.5 Å². The Hall–Kier alpha value is -3.71. The largest absolute Gasteiger partial charge is 0.480 e. The Morgan fingerprint density at radius 2 is 1.56 bits per heavy atom. The highest BCUT2D eigenvalue weighted by Crippen LogP contribution is 2.07. The molecule has 0 saturated carbocycles. The number of hydrogen-bond donors (Lipinski definition) is 8. The number of unbranched alkanes of at least 4 members (excludes halogenated alkanes) is 1. The second-order valence-corrected chi connectivity index (χ2v) is 8.26. The number of guanidine groups is 1. The molecule has 200 valence electrons. The number of aliphatic carboxylic acids is 1. The third kappa shape index (κ3) is 12.7. The van der Waals surface area contributed by atoms with Crippen molar-refractivity contribution < 1.29 is 24.3 Å². The van der Waals surface area contributed by atoms with E-state index in [1.165, 1.54) is 0 Å². The van der Waals surface area contributed by atoms with Crippen molar-refractivity contribution in [2.24, 2.45) is 27.9 Å². The van der Waals surface area contributed by atoms with Crippen LogP contribution in [0.15, 0.2) is 35.3 Å². The number of nitrogens with one attached hydrogen (secondary N) is 3. The van der Waals surface area contributed by atoms with Crippen molar-refractivity contribution in [3.05, 3.63) is 35.9 Å². The summed E-state index contributed by atoms with van der Waals surface area (Å²) in [5, 5.41) is 16.5. The SMILES string of the molecule is NCCCCC(NC(=O)C(N)CCCN=C(N)N)C(=O)NC(Cc1ccccc1)C(=O)NCC(=O)O. The predicted molar refractivity (Wildman–Crippen MR) is 135 cm³/mol. The number of carbonyl (C=O) groups is 4. The van der Waals surface area contributed by atoms with E-state index in [0.29, 0.717) is 38.8 Å². The minimum Gasteiger partial charge on any atom is -0.480 e. The van der Waals surface area contributed by atoms with Gasteiger partial charge in [-0.25, -0.2) is 0 Å². The average molecular weight is 507 g/mol. The predicted octanol–water partition coefficient (Wildman–Crippen LogP) is -2.09. The van der Waals surface area contributed by atoms with Gasteiger partial charge in [-0.05, 0) is 44.2 Å². The van der Waals surface area contributed by atoms with Crippen molar-refractivity contribution in [3.8, 4) is 0 Å². The summed E-state index contributed by atoms with van der Waals surface area (Å²) in [6.07, 6.45) is 2.38. The molecule has 0 bridgehead atoms. The number of aliphatic imine (C=N–C) groups is 1. The standard InChI is InChI=1S/C23H38N8O5/c24-11-5-4-10-17(30-20(34)16(25)9-6-12-28-23(26)27)22(36)31-18(21(35)29-14-19(32)33)13-15-7-2-1-3-8-15/h1-3,7-8,16-18H,4-6,9-14,24-25H2,(H,29,35)(H,30,34)(H,31,36)(H,32,33)(H4,26,27,28). The summed E-state index contributed by atoms with van der Waals surface area (Å²) in [6.45, 7) is 0.141. The van der Waals surface area contributed by atoms with Gasteiger partial charge in [0.1, 0.15) is 18.6 Å². The van der Waals surface area contributed by atoms with E-state index in [1.807, 2.05) is 6.07 Å². The molecular weight excluding hydrogens is 468 g/mol. The number of hydrogen-bond acceptors (Lipinski definition) is 7. The van der Waals surface area contributed by atoms with Crippen LogP contribution in [0.2, 0.25) is 0 Å². The van der Waals surface area contributed by atoms with Gasteiger partial charge in [0.15, 0.2) is 5.96 Å². The van der Waals surface area contributed by atoms with Gasteiger partial charge in [0.25, 0.3) is 0 Å². The quantitative estimate of drug-likeness (QED) is 0.0655. The van der Waals surface area contributed by atoms with Gasteiger partial charge in [-0.15, -0.1) is 0 Å². The minimum absolute atomic E-state index is 0.0536. The average Bonchev–Trinajstić information content (AvgIpc) is 2.84. The molecule has 0 aliphatic rings. The van der Waals surface area contributed by atoms with E-state index in [2.05, 4.69) is 20.9 Å². The molecule has 0 aliphatic heterocycles. The molecule has 1 rings (SSSR count). The van der Waals surface area contributed by atoms with Crippen LogP contribution in [0.5, 0.6) is 0 Å². The van der Waals surface area contributed by atoms with Crippen LogP contribution in [0.25, 0.3) is 0 Å². The first kappa shape index (κ1) is 30.3. The second-order valence-electron chi connectivity index (χ2n) is 8.26. The van der Waals surface area contributed by atoms with E-state index in [1.54, 1.807) is 24.3 Å². The smallest absolute Gasteiger partial charge is 0.322 e. The fraction of sp³-hybridized carbons (Fsp3) is 0.522. The van der Waals surface area contributed by atoms with Crippen LogP contribution >= 0.6 is 0 Å². The molecule has 0 fully saturated rings. The molecule has 0 radical (unpaired) electrons. The third-order valence-electron chi connectivity index (χ3n) is 5.21. The van der Waals surface area contributed by atoms with Gasteiger partial charge in [-0.3, -0.25) is 24.2 Å². The topological polar surface area (TPSA) is 241 Å². The first-order valence-corrected chi connectivity index (χ1v) is 11.8. The van der Waals surface area contributed by atoms with Crippen molar-refractivity contribution in [2.75, 3.05) is 19.6 Å². The summed E-state index contributed by atoms with van der Waals surface area (Å²) in [5.74, 6) is -3.03. The Balaban J connectivity index is 2.90. The minimum atomic E-state index is -1.21. The Kier molecular flexibility index (Phi) is 14.2. The van der Waals surface area contributed by atoms with Crippen LogP contribution in [0.1, 0.15) is 37.7 Å². The first-order chi connectivity index (χ1) is 17.1. The maximum absolute atomic E-state index is 13.1. The molecule has 3 atom stereocenters. The lowest BCUT2D eigenvalue weighted by Crippen LogP contribution is -2.56. The molecule has 12 N–H and O–H groups in total. The van der Waals surface area contributed by atoms with Gasteiger partial charge in [0.05, 0.1) is 6.04 Å². The Morgan fingerprint density at radius 3 is 2.17 bits per heavy atom. The van der Waals surface area contributed by atoms with Crippen LogP contribution in [0.3, 0.4) is 0 Å². The summed E-state index contributed by atoms with van der Waals surface area (Å²) in [5.41, 5.74) is 22.8. The van der Waals surface area contributed by atoms with Gasteiger partial charge in [0, 0.05) is 13.0 Å². The van der Waals surface area contributed by atoms with E-state index in [0.717, 1.165) is 5.56 Å². The number of carboxylic acid groups (broad SMARTS) is 1. The van der Waals surface area contributed by atoms with E-state index >= 15 is 0 Å². The van der Waals surface area contributed by atoms with Crippen LogP contribution in [0, 0.1) is 0 Å². The molecule has 1 aromatic carbocycles. The highest BCUT2D eigenvalue weighted by molar-refractivity contribution is 5.93. The van der Waals surface area contributed by atoms with Gasteiger partial charge in [-0.2, -0.15) is 0 Å². The number of benzene rings is 1. The summed E-state index contributed by atoms with van der Waals surface area (Å²) >= 11 is 0. The van der Waals surface area contributed by atoms with Crippen LogP contribution in [0.4, 0.5) is 0 Å². The van der Waals surface area contributed by atoms with Crippen LogP contribution < -0.4 is 38.9 Å². The highest BCUT2D eigenvalue weighted by atomic mass is 16.4. The van der Waals surface area contributed by atoms with E-state index in [9.17, 15) is 19.2 Å². The maximum Gasteiger partial charge on any atom is 0.322 e. The van der Waals surface area contributed by atoms with Crippen molar-refractivity contribution in [1.29, 1.82) is 0 Å². The summed E-state index contributed by atoms with van der Waals surface area (Å²) in [4.78, 5) is 53.1. The van der Waals surface area contributed by atoms with E-state index in [4.69, 9.17) is 28.0 Å². The highest BCUT2D eigenvalue weighted by Gasteiger charge is 2.28. The number of carbonyl (C=O) groups excluding carboxylic acids is 3. The molecule has 0 aromatic heterocycles. The summed E-state index contributed by atoms with van der Waals surface area (Å²) < 4.78 is 0. The fourth-order valence-electron chi connectivity index (χ4n) is 3.31. The maximum atomic E-state index is 13.1. The summed E-state index contributed by atoms with van der Waals surface area (Å²) in [6, 6.07) is 6.05. The molecule has 36 heavy (non-hydrogen) atoms. The molecule has 0 aliphatic carbocycles. The molecule has 13 heteroatoms. The fourth-order valence-corrected chi connectivity index (χ4v) is 3.31. The molecule has 3 unspecified atom stereocenters. The monoisotopic (exact) mass is 506 g/mol. The Bertz CT molecular complexity index is 877. The Labute approximate surface area is 210 Å². The normalized spacial score (nSPS) is 13.1. The van der Waals surface area contributed by atoms with E-state index < -0.39 is 48.4 Å². The van der Waals surface area contributed by atoms with Crippen molar-refractivity contribution in [1.82, 2.24) is 16.0 Å². The van der Waals surface area contributed by atoms with Crippen LogP contribution in [-0.2, 0) is 25.6 Å². The zero-order valence-corrected chi connectivity index (χ0v) is 20.3. The Morgan fingerprint density at radius 1 is 0.889 bits per heavy atom. The summed E-state index contributed by atoms with van der Waals surface area (Å²) in [7, 11) is 0. The number of carboxylic acids is 1. The van der Waals surface area contributed by atoms with Gasteiger partial charge < -0.3 is 44.0 Å². The molecule has 0 heterocycles. The molecule has 13 nitrogen and oxygen atoms in total. The van der Waals surface area contributed by atoms with E-state index in [-0.39, 0.29) is 18.8 Å². The first-order valence-electron chi connectivity index (χ1n) is 11.8. The van der Waals surface area contributed by atoms with Gasteiger partial charge in [0.2, 0.25) is 17.7 Å². The molecule has 3 amide bonds. The molecule has 1 aromatic rings. The van der Waals surface area contributed by atoms with Crippen molar-refractivity contribution in [2.45, 2.75) is 56.7 Å². The number of nitrogens with two attached hydrogens (primary N) is 4. The third-order valence-corrected chi connectivity index (χ3v) is 5.21. The number of nitrogens with zero attached hydrogens (tertiary/aromatic N) is 1. The molecule has 0 spiro atoms. The molecular formula is C23H38N8O5. The zero-order chi connectivity index (χ0) is 26.9. The zero-order valence-electron chi connectivity index (χ0n) is 20.3. The number of amides is 3.